The first-order valence-corrected chi connectivity index (χ1v) is 13.8. The van der Waals surface area contributed by atoms with E-state index in [1.54, 1.807) is 6.07 Å². The van der Waals surface area contributed by atoms with Crippen LogP contribution in [0, 0.1) is 23.7 Å². The molecule has 1 aromatic carbocycles. The van der Waals surface area contributed by atoms with Gasteiger partial charge in [-0.2, -0.15) is 5.26 Å². The number of pyridine rings is 1. The van der Waals surface area contributed by atoms with Gasteiger partial charge < -0.3 is 9.30 Å². The van der Waals surface area contributed by atoms with E-state index in [1.165, 1.54) is 23.0 Å². The largest absolute Gasteiger partial charge is 0.342 e. The zero-order chi connectivity index (χ0) is 26.6. The molecule has 8 heteroatoms. The molecule has 7 rings (SSSR count). The van der Waals surface area contributed by atoms with Crippen molar-refractivity contribution in [2.75, 3.05) is 26.2 Å². The molecule has 8 nitrogen and oxygen atoms in total. The highest BCUT2D eigenvalue weighted by Crippen LogP contribution is 2.48. The Morgan fingerprint density at radius 3 is 2.79 bits per heavy atom. The number of hydrogen-bond acceptors (Lipinski definition) is 6. The van der Waals surface area contributed by atoms with Crippen molar-refractivity contribution < 1.29 is 4.79 Å². The molecule has 1 amide bonds. The van der Waals surface area contributed by atoms with Crippen molar-refractivity contribution in [1.29, 1.82) is 5.26 Å². The molecule has 5 heterocycles. The minimum absolute atomic E-state index is 0.187. The molecule has 2 aliphatic heterocycles. The number of rotatable bonds is 4. The number of carbonyl (C=O) groups excluding carboxylic acids is 1. The summed E-state index contributed by atoms with van der Waals surface area (Å²) >= 11 is 0. The number of piperidine rings is 1. The lowest BCUT2D eigenvalue weighted by atomic mass is 9.71. The number of imidazole rings is 1. The Hall–Kier alpha value is -4.09. The summed E-state index contributed by atoms with van der Waals surface area (Å²) in [5.41, 5.74) is 8.31. The molecule has 196 valence electrons. The molecular formula is C31H31N7O. The van der Waals surface area contributed by atoms with Gasteiger partial charge in [-0.1, -0.05) is 12.1 Å². The number of amides is 1. The summed E-state index contributed by atoms with van der Waals surface area (Å²) in [6.45, 7) is 5.97. The second kappa shape index (κ2) is 9.28. The molecule has 2 saturated heterocycles. The van der Waals surface area contributed by atoms with Gasteiger partial charge in [-0.15, -0.1) is 0 Å². The maximum atomic E-state index is 13.0. The molecule has 0 bridgehead atoms. The van der Waals surface area contributed by atoms with E-state index in [9.17, 15) is 4.79 Å². The number of fused-ring (bicyclic) bond motifs is 2. The Labute approximate surface area is 227 Å². The summed E-state index contributed by atoms with van der Waals surface area (Å²) in [5, 5.41) is 9.16. The highest BCUT2D eigenvalue weighted by atomic mass is 16.2. The number of likely N-dealkylation sites (tertiary alicyclic amines) is 2. The lowest BCUT2D eigenvalue weighted by molar-refractivity contribution is -0.136. The van der Waals surface area contributed by atoms with Gasteiger partial charge in [0, 0.05) is 56.2 Å². The first-order valence-electron chi connectivity index (χ1n) is 13.8. The van der Waals surface area contributed by atoms with E-state index in [2.05, 4.69) is 57.1 Å². The third-order valence-corrected chi connectivity index (χ3v) is 8.96. The fourth-order valence-electron chi connectivity index (χ4n) is 6.78. The number of nitriles is 1. The van der Waals surface area contributed by atoms with Crippen LogP contribution in [0.25, 0.3) is 16.9 Å². The average molecular weight is 518 g/mol. The molecule has 1 atom stereocenters. The van der Waals surface area contributed by atoms with Crippen LogP contribution in [0.15, 0.2) is 55.1 Å². The molecule has 39 heavy (non-hydrogen) atoms. The van der Waals surface area contributed by atoms with Gasteiger partial charge in [-0.3, -0.25) is 9.69 Å². The Kier molecular flexibility index (Phi) is 5.71. The number of carbonyl (C=O) groups is 1. The fourth-order valence-corrected chi connectivity index (χ4v) is 6.78. The Bertz CT molecular complexity index is 1620. The average Bonchev–Trinajstić information content (AvgIpc) is 3.54. The van der Waals surface area contributed by atoms with Crippen LogP contribution in [-0.4, -0.2) is 61.2 Å². The van der Waals surface area contributed by atoms with Crippen LogP contribution in [0.5, 0.6) is 0 Å². The van der Waals surface area contributed by atoms with E-state index in [0.29, 0.717) is 23.6 Å². The predicted octanol–water partition coefficient (Wildman–Crippen LogP) is 4.13. The summed E-state index contributed by atoms with van der Waals surface area (Å²) in [6, 6.07) is 15.0. The second-order valence-corrected chi connectivity index (χ2v) is 11.5. The van der Waals surface area contributed by atoms with Crippen molar-refractivity contribution in [2.24, 2.45) is 5.41 Å². The highest BCUT2D eigenvalue weighted by Gasteiger charge is 2.48. The van der Waals surface area contributed by atoms with Crippen molar-refractivity contribution in [3.05, 3.63) is 83.2 Å². The fraction of sp³-hybridized carbons (Fsp3) is 0.387. The van der Waals surface area contributed by atoms with Gasteiger partial charge >= 0.3 is 0 Å². The van der Waals surface area contributed by atoms with Crippen LogP contribution in [0.4, 0.5) is 0 Å². The van der Waals surface area contributed by atoms with Crippen LogP contribution in [0.1, 0.15) is 53.4 Å². The van der Waals surface area contributed by atoms with Gasteiger partial charge in [0.15, 0.2) is 0 Å². The number of aryl methyl sites for hydroxylation is 2. The SMILES string of the molecule is Cc1ccn2cc(CC(=O)N3CCC4(CC3)CN(C3CCc5cc(-c6cc(C#N)ncn6)ccc53)C4)nc2c1. The maximum Gasteiger partial charge on any atom is 0.228 e. The molecule has 0 N–H and O–H groups in total. The normalized spacial score (nSPS) is 20.1. The van der Waals surface area contributed by atoms with E-state index in [0.717, 1.165) is 74.5 Å². The van der Waals surface area contributed by atoms with Gasteiger partial charge in [-0.25, -0.2) is 15.0 Å². The number of benzene rings is 1. The van der Waals surface area contributed by atoms with Crippen LogP contribution < -0.4 is 0 Å². The minimum Gasteiger partial charge on any atom is -0.342 e. The van der Waals surface area contributed by atoms with E-state index in [-0.39, 0.29) is 5.91 Å². The molecule has 2 fully saturated rings. The van der Waals surface area contributed by atoms with Gasteiger partial charge in [0.1, 0.15) is 23.7 Å². The van der Waals surface area contributed by atoms with Crippen LogP contribution >= 0.6 is 0 Å². The predicted molar refractivity (Wildman–Crippen MR) is 147 cm³/mol. The monoisotopic (exact) mass is 517 g/mol. The molecule has 0 saturated carbocycles. The third kappa shape index (κ3) is 4.37. The van der Waals surface area contributed by atoms with Crippen molar-refractivity contribution in [1.82, 2.24) is 29.2 Å². The maximum absolute atomic E-state index is 13.0. The summed E-state index contributed by atoms with van der Waals surface area (Å²) < 4.78 is 1.99. The van der Waals surface area contributed by atoms with Crippen LogP contribution in [0.2, 0.25) is 0 Å². The number of aromatic nitrogens is 4. The lowest BCUT2D eigenvalue weighted by Crippen LogP contribution is -2.61. The van der Waals surface area contributed by atoms with E-state index >= 15 is 0 Å². The zero-order valence-corrected chi connectivity index (χ0v) is 22.2. The molecular weight excluding hydrogens is 486 g/mol. The number of nitrogens with zero attached hydrogens (tertiary/aromatic N) is 7. The molecule has 4 aromatic rings. The van der Waals surface area contributed by atoms with Crippen LogP contribution in [0.3, 0.4) is 0 Å². The van der Waals surface area contributed by atoms with Gasteiger partial charge in [-0.05, 0) is 72.9 Å². The van der Waals surface area contributed by atoms with Crippen molar-refractivity contribution >= 4 is 11.6 Å². The van der Waals surface area contributed by atoms with Gasteiger partial charge in [0.25, 0.3) is 0 Å². The van der Waals surface area contributed by atoms with Crippen molar-refractivity contribution in [3.63, 3.8) is 0 Å². The quantitative estimate of drug-likeness (QED) is 0.404. The molecule has 0 radical (unpaired) electrons. The lowest BCUT2D eigenvalue weighted by Gasteiger charge is -2.56. The highest BCUT2D eigenvalue weighted by molar-refractivity contribution is 5.78. The van der Waals surface area contributed by atoms with Crippen LogP contribution in [-0.2, 0) is 17.6 Å². The Balaban J connectivity index is 0.954. The minimum atomic E-state index is 0.187. The smallest absolute Gasteiger partial charge is 0.228 e. The molecule has 3 aromatic heterocycles. The topological polar surface area (TPSA) is 90.4 Å². The first-order chi connectivity index (χ1) is 19.0. The van der Waals surface area contributed by atoms with Crippen molar-refractivity contribution in [3.8, 4) is 17.3 Å². The Morgan fingerprint density at radius 1 is 1.13 bits per heavy atom. The summed E-state index contributed by atoms with van der Waals surface area (Å²) in [4.78, 5) is 30.7. The van der Waals surface area contributed by atoms with E-state index in [4.69, 9.17) is 5.26 Å². The number of hydrogen-bond donors (Lipinski definition) is 0. The zero-order valence-electron chi connectivity index (χ0n) is 22.2. The van der Waals surface area contributed by atoms with E-state index < -0.39 is 0 Å². The van der Waals surface area contributed by atoms with Gasteiger partial charge in [0.05, 0.1) is 17.8 Å². The first kappa shape index (κ1) is 24.0. The van der Waals surface area contributed by atoms with Gasteiger partial charge in [0.2, 0.25) is 5.91 Å². The third-order valence-electron chi connectivity index (χ3n) is 8.96. The molecule has 1 spiro atoms. The summed E-state index contributed by atoms with van der Waals surface area (Å²) in [5.74, 6) is 0.187. The Morgan fingerprint density at radius 2 is 1.97 bits per heavy atom. The van der Waals surface area contributed by atoms with Crippen molar-refractivity contribution in [2.45, 2.75) is 45.1 Å². The molecule has 1 aliphatic carbocycles. The molecule has 3 aliphatic rings. The molecule has 1 unspecified atom stereocenters. The second-order valence-electron chi connectivity index (χ2n) is 11.5. The standard InChI is InChI=1S/C31H31N7O/c1-21-6-9-37-17-25(35-29(37)12-21)15-30(39)36-10-7-31(8-11-36)18-38(19-31)28-5-3-22-13-23(2-4-26(22)28)27-14-24(16-32)33-20-34-27/h2,4,6,9,12-14,17,20,28H,3,5,7-8,10-11,15,18-19H2,1H3. The summed E-state index contributed by atoms with van der Waals surface area (Å²) in [7, 11) is 0. The van der Waals surface area contributed by atoms with E-state index in [1.807, 2.05) is 27.8 Å². The summed E-state index contributed by atoms with van der Waals surface area (Å²) in [6.07, 6.45) is 10.2.